The lowest BCUT2D eigenvalue weighted by atomic mass is 10.1. The van der Waals surface area contributed by atoms with Crippen molar-refractivity contribution in [2.24, 2.45) is 0 Å². The summed E-state index contributed by atoms with van der Waals surface area (Å²) in [6.45, 7) is 4.21. The first-order valence-electron chi connectivity index (χ1n) is 7.71. The Hall–Kier alpha value is -0.620. The molecule has 1 saturated carbocycles. The number of carbonyl (C=O) groups is 1. The van der Waals surface area contributed by atoms with Crippen molar-refractivity contribution in [3.8, 4) is 0 Å². The average molecular weight is 304 g/mol. The van der Waals surface area contributed by atoms with Gasteiger partial charge in [-0.05, 0) is 19.3 Å². The molecule has 1 aliphatic carbocycles. The number of nitrogens with zero attached hydrogens (tertiary/aromatic N) is 1. The highest BCUT2D eigenvalue weighted by Crippen LogP contribution is 2.21. The van der Waals surface area contributed by atoms with E-state index in [1.165, 1.54) is 12.8 Å². The van der Waals surface area contributed by atoms with E-state index in [-0.39, 0.29) is 17.7 Å². The van der Waals surface area contributed by atoms with Gasteiger partial charge in [0, 0.05) is 26.1 Å². The van der Waals surface area contributed by atoms with Crippen LogP contribution in [0.3, 0.4) is 0 Å². The molecule has 0 unspecified atom stereocenters. The summed E-state index contributed by atoms with van der Waals surface area (Å²) in [7, 11) is -3.18. The Balaban J connectivity index is 2.48. The monoisotopic (exact) mass is 304 g/mol. The van der Waals surface area contributed by atoms with Gasteiger partial charge in [0.2, 0.25) is 15.9 Å². The van der Waals surface area contributed by atoms with Crippen molar-refractivity contribution in [2.75, 3.05) is 18.8 Å². The number of amides is 1. The SMILES string of the molecule is CCCS(=O)(=O)NCCN(C(C)=O)C1CCCCCC1. The third-order valence-electron chi connectivity index (χ3n) is 3.82. The quantitative estimate of drug-likeness (QED) is 0.730. The van der Waals surface area contributed by atoms with Crippen LogP contribution in [0.4, 0.5) is 0 Å². The highest BCUT2D eigenvalue weighted by molar-refractivity contribution is 7.89. The molecular weight excluding hydrogens is 276 g/mol. The standard InChI is InChI=1S/C14H28N2O3S/c1-3-12-20(18,19)15-10-11-16(13(2)17)14-8-6-4-5-7-9-14/h14-15H,3-12H2,1-2H3. The van der Waals surface area contributed by atoms with E-state index in [0.717, 1.165) is 25.7 Å². The van der Waals surface area contributed by atoms with Crippen LogP contribution >= 0.6 is 0 Å². The fourth-order valence-electron chi connectivity index (χ4n) is 2.83. The van der Waals surface area contributed by atoms with E-state index in [4.69, 9.17) is 0 Å². The van der Waals surface area contributed by atoms with Gasteiger partial charge in [-0.3, -0.25) is 4.79 Å². The van der Waals surface area contributed by atoms with Crippen LogP contribution in [0.25, 0.3) is 0 Å². The molecule has 0 spiro atoms. The van der Waals surface area contributed by atoms with Crippen molar-refractivity contribution in [1.29, 1.82) is 0 Å². The third-order valence-corrected chi connectivity index (χ3v) is 5.41. The molecule has 6 heteroatoms. The second-order valence-electron chi connectivity index (χ2n) is 5.57. The van der Waals surface area contributed by atoms with E-state index >= 15 is 0 Å². The second kappa shape index (κ2) is 8.62. The Morgan fingerprint density at radius 3 is 2.30 bits per heavy atom. The van der Waals surface area contributed by atoms with Crippen LogP contribution in [0.1, 0.15) is 58.8 Å². The molecule has 0 heterocycles. The molecule has 0 bridgehead atoms. The van der Waals surface area contributed by atoms with Gasteiger partial charge in [0.15, 0.2) is 0 Å². The van der Waals surface area contributed by atoms with Crippen LogP contribution in [-0.4, -0.2) is 44.1 Å². The summed E-state index contributed by atoms with van der Waals surface area (Å²) in [4.78, 5) is 13.6. The molecule has 1 aliphatic rings. The first-order chi connectivity index (χ1) is 9.46. The molecule has 0 saturated heterocycles. The summed E-state index contributed by atoms with van der Waals surface area (Å²) >= 11 is 0. The number of hydrogen-bond acceptors (Lipinski definition) is 3. The van der Waals surface area contributed by atoms with E-state index in [9.17, 15) is 13.2 Å². The lowest BCUT2D eigenvalue weighted by Crippen LogP contribution is -2.43. The van der Waals surface area contributed by atoms with Crippen LogP contribution in [0, 0.1) is 0 Å². The van der Waals surface area contributed by atoms with Crippen molar-refractivity contribution < 1.29 is 13.2 Å². The number of nitrogens with one attached hydrogen (secondary N) is 1. The minimum Gasteiger partial charge on any atom is -0.339 e. The summed E-state index contributed by atoms with van der Waals surface area (Å²) in [5.41, 5.74) is 0. The molecule has 0 aromatic carbocycles. The van der Waals surface area contributed by atoms with Gasteiger partial charge in [0.25, 0.3) is 0 Å². The van der Waals surface area contributed by atoms with Crippen molar-refractivity contribution in [3.05, 3.63) is 0 Å². The van der Waals surface area contributed by atoms with Crippen molar-refractivity contribution in [2.45, 2.75) is 64.8 Å². The molecule has 0 aromatic heterocycles. The van der Waals surface area contributed by atoms with Gasteiger partial charge in [-0.25, -0.2) is 13.1 Å². The maximum Gasteiger partial charge on any atom is 0.219 e. The fourth-order valence-corrected chi connectivity index (χ4v) is 3.91. The molecule has 0 aromatic rings. The van der Waals surface area contributed by atoms with Crippen LogP contribution in [-0.2, 0) is 14.8 Å². The van der Waals surface area contributed by atoms with Gasteiger partial charge in [0.05, 0.1) is 5.75 Å². The zero-order valence-electron chi connectivity index (χ0n) is 12.7. The average Bonchev–Trinajstić information content (AvgIpc) is 2.62. The highest BCUT2D eigenvalue weighted by Gasteiger charge is 2.22. The molecule has 1 fully saturated rings. The van der Waals surface area contributed by atoms with Crippen LogP contribution < -0.4 is 4.72 Å². The van der Waals surface area contributed by atoms with Gasteiger partial charge >= 0.3 is 0 Å². The Morgan fingerprint density at radius 2 is 1.80 bits per heavy atom. The van der Waals surface area contributed by atoms with Crippen molar-refractivity contribution in [1.82, 2.24) is 9.62 Å². The molecule has 20 heavy (non-hydrogen) atoms. The summed E-state index contributed by atoms with van der Waals surface area (Å²) < 4.78 is 25.8. The van der Waals surface area contributed by atoms with Gasteiger partial charge < -0.3 is 4.90 Å². The molecule has 118 valence electrons. The molecular formula is C14H28N2O3S. The predicted octanol–water partition coefficient (Wildman–Crippen LogP) is 1.89. The highest BCUT2D eigenvalue weighted by atomic mass is 32.2. The summed E-state index contributed by atoms with van der Waals surface area (Å²) in [5.74, 6) is 0.197. The van der Waals surface area contributed by atoms with Crippen molar-refractivity contribution >= 4 is 15.9 Å². The van der Waals surface area contributed by atoms with E-state index < -0.39 is 10.0 Å². The van der Waals surface area contributed by atoms with Gasteiger partial charge in [-0.1, -0.05) is 32.6 Å². The maximum atomic E-state index is 11.8. The van der Waals surface area contributed by atoms with Crippen LogP contribution in [0.5, 0.6) is 0 Å². The van der Waals surface area contributed by atoms with Crippen LogP contribution in [0.15, 0.2) is 0 Å². The van der Waals surface area contributed by atoms with Gasteiger partial charge in [0.1, 0.15) is 0 Å². The number of rotatable bonds is 7. The number of sulfonamides is 1. The van der Waals surface area contributed by atoms with E-state index in [1.54, 1.807) is 6.92 Å². The number of hydrogen-bond donors (Lipinski definition) is 1. The molecule has 1 rings (SSSR count). The molecule has 0 aliphatic heterocycles. The minimum absolute atomic E-state index is 0.0478. The minimum atomic E-state index is -3.18. The largest absolute Gasteiger partial charge is 0.339 e. The Bertz CT molecular complexity index is 387. The van der Waals surface area contributed by atoms with Gasteiger partial charge in [-0.2, -0.15) is 0 Å². The zero-order chi connectivity index (χ0) is 15.0. The Kier molecular flexibility index (Phi) is 7.51. The summed E-state index contributed by atoms with van der Waals surface area (Å²) in [6, 6.07) is 0.283. The van der Waals surface area contributed by atoms with E-state index in [2.05, 4.69) is 4.72 Å². The lowest BCUT2D eigenvalue weighted by molar-refractivity contribution is -0.131. The summed E-state index contributed by atoms with van der Waals surface area (Å²) in [6.07, 6.45) is 7.50. The van der Waals surface area contributed by atoms with E-state index in [1.807, 2.05) is 11.8 Å². The molecule has 1 amide bonds. The van der Waals surface area contributed by atoms with Crippen molar-refractivity contribution in [3.63, 3.8) is 0 Å². The Morgan fingerprint density at radius 1 is 1.20 bits per heavy atom. The molecule has 1 N–H and O–H groups in total. The number of carbonyl (C=O) groups excluding carboxylic acids is 1. The zero-order valence-corrected chi connectivity index (χ0v) is 13.5. The van der Waals surface area contributed by atoms with Crippen LogP contribution in [0.2, 0.25) is 0 Å². The first-order valence-corrected chi connectivity index (χ1v) is 9.36. The normalized spacial score (nSPS) is 17.7. The second-order valence-corrected chi connectivity index (χ2v) is 7.50. The molecule has 5 nitrogen and oxygen atoms in total. The predicted molar refractivity (Wildman–Crippen MR) is 81.0 cm³/mol. The Labute approximate surface area is 123 Å². The van der Waals surface area contributed by atoms with Gasteiger partial charge in [-0.15, -0.1) is 0 Å². The molecule has 0 atom stereocenters. The fraction of sp³-hybridized carbons (Fsp3) is 0.929. The smallest absolute Gasteiger partial charge is 0.219 e. The topological polar surface area (TPSA) is 66.5 Å². The maximum absolute atomic E-state index is 11.8. The third kappa shape index (κ3) is 6.22. The van der Waals surface area contributed by atoms with E-state index in [0.29, 0.717) is 19.5 Å². The molecule has 0 radical (unpaired) electrons. The lowest BCUT2D eigenvalue weighted by Gasteiger charge is -2.30. The first kappa shape index (κ1) is 17.4. The summed E-state index contributed by atoms with van der Waals surface area (Å²) in [5, 5.41) is 0.